The summed E-state index contributed by atoms with van der Waals surface area (Å²) in [7, 11) is 1.63. The first kappa shape index (κ1) is 21.4. The molecule has 1 aromatic carbocycles. The van der Waals surface area contributed by atoms with Gasteiger partial charge >= 0.3 is 0 Å². The van der Waals surface area contributed by atoms with Crippen LogP contribution in [0.25, 0.3) is 11.4 Å². The SMILES string of the molecule is C=CCn1c(SCC(=O)N2CCN(CCO)CC2)nnc1-c1cccc(OC)c1. The number of aromatic nitrogens is 3. The Morgan fingerprint density at radius 2 is 2.10 bits per heavy atom. The van der Waals surface area contributed by atoms with Crippen molar-refractivity contribution in [1.82, 2.24) is 24.6 Å². The number of carbonyl (C=O) groups excluding carboxylic acids is 1. The molecule has 0 atom stereocenters. The number of hydrogen-bond donors (Lipinski definition) is 1. The van der Waals surface area contributed by atoms with Gasteiger partial charge in [0.15, 0.2) is 11.0 Å². The Kier molecular flexibility index (Phi) is 7.68. The van der Waals surface area contributed by atoms with E-state index in [4.69, 9.17) is 9.84 Å². The zero-order chi connectivity index (χ0) is 20.6. The lowest BCUT2D eigenvalue weighted by Crippen LogP contribution is -2.49. The second-order valence-corrected chi connectivity index (χ2v) is 7.61. The largest absolute Gasteiger partial charge is 0.497 e. The Morgan fingerprint density at radius 1 is 1.31 bits per heavy atom. The van der Waals surface area contributed by atoms with Crippen LogP contribution in [0.2, 0.25) is 0 Å². The number of β-amino-alcohol motifs (C(OH)–C–C–N with tert-alkyl or cyclic N) is 1. The van der Waals surface area contributed by atoms with Crippen LogP contribution in [-0.2, 0) is 11.3 Å². The van der Waals surface area contributed by atoms with Gasteiger partial charge in [-0.05, 0) is 12.1 Å². The summed E-state index contributed by atoms with van der Waals surface area (Å²) in [5, 5.41) is 18.4. The summed E-state index contributed by atoms with van der Waals surface area (Å²) in [5.41, 5.74) is 0.900. The number of rotatable bonds is 9. The Morgan fingerprint density at radius 3 is 2.79 bits per heavy atom. The number of methoxy groups -OCH3 is 1. The van der Waals surface area contributed by atoms with Crippen LogP contribution in [0.3, 0.4) is 0 Å². The summed E-state index contributed by atoms with van der Waals surface area (Å²) >= 11 is 1.39. The van der Waals surface area contributed by atoms with Gasteiger partial charge in [-0.2, -0.15) is 0 Å². The van der Waals surface area contributed by atoms with Gasteiger partial charge in [0.05, 0.1) is 19.5 Å². The maximum atomic E-state index is 12.6. The summed E-state index contributed by atoms with van der Waals surface area (Å²) in [6.45, 7) is 8.16. The highest BCUT2D eigenvalue weighted by Crippen LogP contribution is 2.26. The molecule has 156 valence electrons. The van der Waals surface area contributed by atoms with Crippen molar-refractivity contribution >= 4 is 17.7 Å². The van der Waals surface area contributed by atoms with Crippen LogP contribution in [0.15, 0.2) is 42.1 Å². The normalized spacial score (nSPS) is 14.8. The molecule has 0 spiro atoms. The van der Waals surface area contributed by atoms with Gasteiger partial charge in [0.2, 0.25) is 5.91 Å². The summed E-state index contributed by atoms with van der Waals surface area (Å²) in [6.07, 6.45) is 1.79. The molecule has 1 aliphatic rings. The van der Waals surface area contributed by atoms with Gasteiger partial charge in [0, 0.05) is 44.8 Å². The van der Waals surface area contributed by atoms with Crippen molar-refractivity contribution < 1.29 is 14.6 Å². The zero-order valence-corrected chi connectivity index (χ0v) is 17.5. The molecule has 3 rings (SSSR count). The van der Waals surface area contributed by atoms with E-state index < -0.39 is 0 Å². The number of amides is 1. The van der Waals surface area contributed by atoms with Gasteiger partial charge in [-0.3, -0.25) is 14.3 Å². The summed E-state index contributed by atoms with van der Waals surface area (Å²) < 4.78 is 7.26. The van der Waals surface area contributed by atoms with Gasteiger partial charge in [-0.1, -0.05) is 30.0 Å². The Balaban J connectivity index is 1.66. The summed E-state index contributed by atoms with van der Waals surface area (Å²) in [4.78, 5) is 16.6. The molecule has 1 fully saturated rings. The third kappa shape index (κ3) is 5.37. The third-order valence-corrected chi connectivity index (χ3v) is 5.77. The second kappa shape index (κ2) is 10.4. The predicted octanol–water partition coefficient (Wildman–Crippen LogP) is 1.37. The molecule has 2 aromatic rings. The molecule has 0 unspecified atom stereocenters. The van der Waals surface area contributed by atoms with Crippen molar-refractivity contribution in [3.63, 3.8) is 0 Å². The first-order chi connectivity index (χ1) is 14.2. The summed E-state index contributed by atoms with van der Waals surface area (Å²) in [6, 6.07) is 7.66. The molecule has 1 saturated heterocycles. The molecule has 2 heterocycles. The lowest BCUT2D eigenvalue weighted by molar-refractivity contribution is -0.130. The fraction of sp³-hybridized carbons (Fsp3) is 0.450. The van der Waals surface area contributed by atoms with E-state index in [1.165, 1.54) is 11.8 Å². The maximum absolute atomic E-state index is 12.6. The van der Waals surface area contributed by atoms with Crippen LogP contribution in [0.1, 0.15) is 0 Å². The molecule has 1 N–H and O–H groups in total. The molecule has 0 bridgehead atoms. The highest BCUT2D eigenvalue weighted by Gasteiger charge is 2.22. The van der Waals surface area contributed by atoms with Crippen LogP contribution in [-0.4, -0.2) is 87.8 Å². The van der Waals surface area contributed by atoms with Gasteiger partial charge in [0.1, 0.15) is 5.75 Å². The van der Waals surface area contributed by atoms with E-state index in [2.05, 4.69) is 21.7 Å². The minimum absolute atomic E-state index is 0.0923. The van der Waals surface area contributed by atoms with Crippen LogP contribution < -0.4 is 4.74 Å². The quantitative estimate of drug-likeness (QED) is 0.487. The minimum atomic E-state index is 0.0923. The van der Waals surface area contributed by atoms with Gasteiger partial charge < -0.3 is 14.7 Å². The first-order valence-corrected chi connectivity index (χ1v) is 10.6. The van der Waals surface area contributed by atoms with Gasteiger partial charge in [-0.15, -0.1) is 16.8 Å². The molecule has 0 aliphatic carbocycles. The van der Waals surface area contributed by atoms with E-state index in [9.17, 15) is 4.79 Å². The molecule has 1 aromatic heterocycles. The van der Waals surface area contributed by atoms with E-state index >= 15 is 0 Å². The molecule has 1 amide bonds. The van der Waals surface area contributed by atoms with Crippen LogP contribution in [0.4, 0.5) is 0 Å². The lowest BCUT2D eigenvalue weighted by atomic mass is 10.2. The molecule has 29 heavy (non-hydrogen) atoms. The molecular weight excluding hydrogens is 390 g/mol. The van der Waals surface area contributed by atoms with Crippen molar-refractivity contribution in [2.45, 2.75) is 11.7 Å². The molecular formula is C20H27N5O3S. The van der Waals surface area contributed by atoms with Crippen molar-refractivity contribution in [1.29, 1.82) is 0 Å². The van der Waals surface area contributed by atoms with Crippen molar-refractivity contribution in [3.05, 3.63) is 36.9 Å². The number of nitrogens with zero attached hydrogens (tertiary/aromatic N) is 5. The number of thioether (sulfide) groups is 1. The van der Waals surface area contributed by atoms with E-state index in [-0.39, 0.29) is 12.5 Å². The third-order valence-electron chi connectivity index (χ3n) is 4.82. The first-order valence-electron chi connectivity index (χ1n) is 9.58. The Labute approximate surface area is 175 Å². The van der Waals surface area contributed by atoms with Crippen molar-refractivity contribution in [2.24, 2.45) is 0 Å². The molecule has 1 aliphatic heterocycles. The van der Waals surface area contributed by atoms with Crippen LogP contribution >= 0.6 is 11.8 Å². The highest BCUT2D eigenvalue weighted by atomic mass is 32.2. The van der Waals surface area contributed by atoms with Crippen LogP contribution in [0.5, 0.6) is 5.75 Å². The smallest absolute Gasteiger partial charge is 0.233 e. The number of carbonyl (C=O) groups is 1. The predicted molar refractivity (Wildman–Crippen MR) is 113 cm³/mol. The maximum Gasteiger partial charge on any atom is 0.233 e. The average Bonchev–Trinajstić information content (AvgIpc) is 3.15. The zero-order valence-electron chi connectivity index (χ0n) is 16.7. The fourth-order valence-corrected chi connectivity index (χ4v) is 4.10. The van der Waals surface area contributed by atoms with Crippen molar-refractivity contribution in [3.8, 4) is 17.1 Å². The highest BCUT2D eigenvalue weighted by molar-refractivity contribution is 7.99. The van der Waals surface area contributed by atoms with Gasteiger partial charge in [-0.25, -0.2) is 0 Å². The second-order valence-electron chi connectivity index (χ2n) is 6.67. The molecule has 0 radical (unpaired) electrons. The van der Waals surface area contributed by atoms with E-state index in [0.717, 1.165) is 30.2 Å². The monoisotopic (exact) mass is 417 g/mol. The molecule has 8 nitrogen and oxygen atoms in total. The fourth-order valence-electron chi connectivity index (χ4n) is 3.24. The van der Waals surface area contributed by atoms with E-state index in [1.54, 1.807) is 13.2 Å². The topological polar surface area (TPSA) is 83.7 Å². The number of piperazine rings is 1. The number of benzene rings is 1. The van der Waals surface area contributed by atoms with E-state index in [0.29, 0.717) is 37.1 Å². The van der Waals surface area contributed by atoms with Gasteiger partial charge in [0.25, 0.3) is 0 Å². The standard InChI is InChI=1S/C20H27N5O3S/c1-3-7-25-19(16-5-4-6-17(14-16)28-2)21-22-20(25)29-15-18(27)24-10-8-23(9-11-24)12-13-26/h3-6,14,26H,1,7-13,15H2,2H3. The number of aliphatic hydroxyl groups excluding tert-OH is 1. The number of hydrogen-bond acceptors (Lipinski definition) is 7. The molecule has 9 heteroatoms. The van der Waals surface area contributed by atoms with E-state index in [1.807, 2.05) is 33.7 Å². The number of ether oxygens (including phenoxy) is 1. The Bertz CT molecular complexity index is 833. The minimum Gasteiger partial charge on any atom is -0.497 e. The van der Waals surface area contributed by atoms with Crippen molar-refractivity contribution in [2.75, 3.05) is 52.2 Å². The number of aliphatic hydroxyl groups is 1. The summed E-state index contributed by atoms with van der Waals surface area (Å²) in [5.74, 6) is 1.87. The lowest BCUT2D eigenvalue weighted by Gasteiger charge is -2.34. The average molecular weight is 418 g/mol. The Hall–Kier alpha value is -2.36. The van der Waals surface area contributed by atoms with Crippen LogP contribution in [0, 0.1) is 0 Å². The number of allylic oxidation sites excluding steroid dienone is 1. The molecule has 0 saturated carbocycles.